The highest BCUT2D eigenvalue weighted by Gasteiger charge is 2.20. The number of benzene rings is 3. The van der Waals surface area contributed by atoms with Crippen LogP contribution in [0.25, 0.3) is 22.3 Å². The highest BCUT2D eigenvalue weighted by molar-refractivity contribution is 6.31. The van der Waals surface area contributed by atoms with Crippen LogP contribution in [0.5, 0.6) is 17.2 Å². The van der Waals surface area contributed by atoms with E-state index in [0.29, 0.717) is 33.2 Å². The largest absolute Gasteiger partial charge is 0.493 e. The van der Waals surface area contributed by atoms with Gasteiger partial charge in [0.25, 0.3) is 0 Å². The molecule has 0 saturated heterocycles. The first-order chi connectivity index (χ1) is 15.0. The monoisotopic (exact) mass is 440 g/mol. The second kappa shape index (κ2) is 8.70. The lowest BCUT2D eigenvalue weighted by atomic mass is 10.1. The van der Waals surface area contributed by atoms with Crippen LogP contribution in [0.15, 0.2) is 69.9 Å². The maximum atomic E-state index is 14.1. The SMILES string of the molecule is COc1ccc(-c2oc3ccc(Cl)cc3c(=O)c2OCc2ccccc2F)cc1OC. The molecule has 0 bridgehead atoms. The molecule has 0 N–H and O–H groups in total. The van der Waals surface area contributed by atoms with Gasteiger partial charge in [-0.25, -0.2) is 4.39 Å². The standard InChI is InChI=1S/C24H18ClFO5/c1-28-20-9-7-14(11-21(20)29-2)23-24(30-13-15-5-3-4-6-18(15)26)22(27)17-12-16(25)8-10-19(17)31-23/h3-12H,13H2,1-2H3. The zero-order valence-corrected chi connectivity index (χ0v) is 17.5. The van der Waals surface area contributed by atoms with Crippen LogP contribution in [0.4, 0.5) is 4.39 Å². The molecule has 0 aliphatic heterocycles. The van der Waals surface area contributed by atoms with Gasteiger partial charge in [-0.15, -0.1) is 0 Å². The average molecular weight is 441 g/mol. The minimum Gasteiger partial charge on any atom is -0.493 e. The molecule has 1 heterocycles. The molecule has 0 saturated carbocycles. The van der Waals surface area contributed by atoms with E-state index in [4.69, 9.17) is 30.2 Å². The molecule has 0 aliphatic rings. The van der Waals surface area contributed by atoms with E-state index in [-0.39, 0.29) is 23.5 Å². The molecule has 0 amide bonds. The summed E-state index contributed by atoms with van der Waals surface area (Å²) in [6.45, 7) is -0.149. The molecule has 31 heavy (non-hydrogen) atoms. The molecule has 0 unspecified atom stereocenters. The quantitative estimate of drug-likeness (QED) is 0.376. The van der Waals surface area contributed by atoms with Crippen molar-refractivity contribution in [1.82, 2.24) is 0 Å². The van der Waals surface area contributed by atoms with Crippen molar-refractivity contribution < 1.29 is 23.0 Å². The van der Waals surface area contributed by atoms with Crippen molar-refractivity contribution in [2.24, 2.45) is 0 Å². The minimum absolute atomic E-state index is 0.0507. The maximum absolute atomic E-state index is 14.1. The third-order valence-corrected chi connectivity index (χ3v) is 5.02. The summed E-state index contributed by atoms with van der Waals surface area (Å²) in [5, 5.41) is 0.652. The molecule has 0 spiro atoms. The Kier molecular flexibility index (Phi) is 5.82. The Morgan fingerprint density at radius 3 is 2.48 bits per heavy atom. The van der Waals surface area contributed by atoms with E-state index in [2.05, 4.69) is 0 Å². The van der Waals surface area contributed by atoms with E-state index in [0.717, 1.165) is 0 Å². The lowest BCUT2D eigenvalue weighted by Gasteiger charge is -2.14. The van der Waals surface area contributed by atoms with E-state index in [1.54, 1.807) is 48.5 Å². The van der Waals surface area contributed by atoms with Crippen molar-refractivity contribution >= 4 is 22.6 Å². The van der Waals surface area contributed by atoms with Gasteiger partial charge < -0.3 is 18.6 Å². The molecule has 0 fully saturated rings. The van der Waals surface area contributed by atoms with Crippen LogP contribution < -0.4 is 19.6 Å². The number of halogens is 2. The Labute approximate surface area is 182 Å². The summed E-state index contributed by atoms with van der Waals surface area (Å²) in [6, 6.07) is 16.0. The van der Waals surface area contributed by atoms with E-state index < -0.39 is 11.2 Å². The van der Waals surface area contributed by atoms with Gasteiger partial charge in [0.1, 0.15) is 18.0 Å². The molecule has 0 aliphatic carbocycles. The first-order valence-electron chi connectivity index (χ1n) is 9.36. The zero-order valence-electron chi connectivity index (χ0n) is 16.8. The van der Waals surface area contributed by atoms with Crippen LogP contribution in [-0.2, 0) is 6.61 Å². The molecule has 4 aromatic rings. The smallest absolute Gasteiger partial charge is 0.235 e. The molecule has 0 radical (unpaired) electrons. The molecular weight excluding hydrogens is 423 g/mol. The van der Waals surface area contributed by atoms with Gasteiger partial charge in [0, 0.05) is 16.1 Å². The number of hydrogen-bond acceptors (Lipinski definition) is 5. The first kappa shape index (κ1) is 20.8. The zero-order chi connectivity index (χ0) is 22.0. The van der Waals surface area contributed by atoms with E-state index in [1.165, 1.54) is 26.4 Å². The van der Waals surface area contributed by atoms with Gasteiger partial charge in [-0.1, -0.05) is 29.8 Å². The molecule has 1 aromatic heterocycles. The predicted octanol–water partition coefficient (Wildman–Crippen LogP) is 5.85. The number of hydrogen-bond donors (Lipinski definition) is 0. The van der Waals surface area contributed by atoms with Crippen LogP contribution in [0.2, 0.25) is 5.02 Å². The van der Waals surface area contributed by atoms with Crippen LogP contribution >= 0.6 is 11.6 Å². The highest BCUT2D eigenvalue weighted by Crippen LogP contribution is 2.37. The third-order valence-electron chi connectivity index (χ3n) is 4.79. The van der Waals surface area contributed by atoms with Crippen LogP contribution in [0.3, 0.4) is 0 Å². The fraction of sp³-hybridized carbons (Fsp3) is 0.125. The first-order valence-corrected chi connectivity index (χ1v) is 9.74. The topological polar surface area (TPSA) is 57.9 Å². The third kappa shape index (κ3) is 4.07. The average Bonchev–Trinajstić information content (AvgIpc) is 2.79. The summed E-state index contributed by atoms with van der Waals surface area (Å²) in [5.74, 6) is 0.694. The fourth-order valence-corrected chi connectivity index (χ4v) is 3.39. The summed E-state index contributed by atoms with van der Waals surface area (Å²) in [4.78, 5) is 13.3. The van der Waals surface area contributed by atoms with Gasteiger partial charge in [-0.3, -0.25) is 4.79 Å². The predicted molar refractivity (Wildman–Crippen MR) is 117 cm³/mol. The number of fused-ring (bicyclic) bond motifs is 1. The van der Waals surface area contributed by atoms with Crippen molar-refractivity contribution in [3.8, 4) is 28.6 Å². The van der Waals surface area contributed by atoms with Crippen LogP contribution in [-0.4, -0.2) is 14.2 Å². The second-order valence-corrected chi connectivity index (χ2v) is 7.12. The van der Waals surface area contributed by atoms with Gasteiger partial charge in [0.2, 0.25) is 11.2 Å². The molecular formula is C24H18ClFO5. The molecule has 7 heteroatoms. The van der Waals surface area contributed by atoms with Gasteiger partial charge in [0.05, 0.1) is 19.6 Å². The number of ether oxygens (including phenoxy) is 3. The van der Waals surface area contributed by atoms with E-state index in [1.807, 2.05) is 0 Å². The Morgan fingerprint density at radius 1 is 0.968 bits per heavy atom. The lowest BCUT2D eigenvalue weighted by Crippen LogP contribution is -2.11. The molecule has 4 rings (SSSR count). The molecule has 0 atom stereocenters. The van der Waals surface area contributed by atoms with Crippen molar-refractivity contribution in [3.63, 3.8) is 0 Å². The molecule has 3 aromatic carbocycles. The normalized spacial score (nSPS) is 10.8. The fourth-order valence-electron chi connectivity index (χ4n) is 3.21. The minimum atomic E-state index is -0.427. The lowest BCUT2D eigenvalue weighted by molar-refractivity contribution is 0.292. The van der Waals surface area contributed by atoms with Gasteiger partial charge in [-0.05, 0) is 42.5 Å². The number of rotatable bonds is 6. The Bertz CT molecular complexity index is 1320. The van der Waals surface area contributed by atoms with Gasteiger partial charge >= 0.3 is 0 Å². The molecule has 5 nitrogen and oxygen atoms in total. The van der Waals surface area contributed by atoms with E-state index in [9.17, 15) is 9.18 Å². The Hall–Kier alpha value is -3.51. The van der Waals surface area contributed by atoms with Crippen molar-refractivity contribution in [1.29, 1.82) is 0 Å². The number of methoxy groups -OCH3 is 2. The summed E-state index contributed by atoms with van der Waals surface area (Å²) in [6.07, 6.45) is 0. The Balaban J connectivity index is 1.89. The summed E-state index contributed by atoms with van der Waals surface area (Å²) < 4.78 is 36.6. The maximum Gasteiger partial charge on any atom is 0.235 e. The van der Waals surface area contributed by atoms with E-state index >= 15 is 0 Å². The van der Waals surface area contributed by atoms with Crippen LogP contribution in [0.1, 0.15) is 5.56 Å². The summed E-state index contributed by atoms with van der Waals surface area (Å²) in [7, 11) is 3.04. The van der Waals surface area contributed by atoms with Crippen molar-refractivity contribution in [3.05, 3.63) is 87.3 Å². The van der Waals surface area contributed by atoms with Gasteiger partial charge in [-0.2, -0.15) is 0 Å². The summed E-state index contributed by atoms with van der Waals surface area (Å²) >= 11 is 6.07. The van der Waals surface area contributed by atoms with Crippen molar-refractivity contribution in [2.75, 3.05) is 14.2 Å². The van der Waals surface area contributed by atoms with Gasteiger partial charge in [0.15, 0.2) is 17.3 Å². The van der Waals surface area contributed by atoms with Crippen molar-refractivity contribution in [2.45, 2.75) is 6.61 Å². The Morgan fingerprint density at radius 2 is 1.74 bits per heavy atom. The molecule has 158 valence electrons. The highest BCUT2D eigenvalue weighted by atomic mass is 35.5. The van der Waals surface area contributed by atoms with Crippen LogP contribution in [0, 0.1) is 5.82 Å². The second-order valence-electron chi connectivity index (χ2n) is 6.68. The summed E-state index contributed by atoms with van der Waals surface area (Å²) in [5.41, 5.74) is 0.781.